The van der Waals surface area contributed by atoms with E-state index in [0.29, 0.717) is 6.54 Å². The number of carbonyl (C=O) groups is 1. The van der Waals surface area contributed by atoms with Gasteiger partial charge >= 0.3 is 0 Å². The van der Waals surface area contributed by atoms with Gasteiger partial charge in [-0.3, -0.25) is 4.79 Å². The molecule has 0 fully saturated rings. The van der Waals surface area contributed by atoms with Crippen molar-refractivity contribution < 1.29 is 4.79 Å². The van der Waals surface area contributed by atoms with Gasteiger partial charge in [0.25, 0.3) is 0 Å². The fourth-order valence-electron chi connectivity index (χ4n) is 2.13. The molecule has 0 atom stereocenters. The minimum absolute atomic E-state index is 0.108. The third kappa shape index (κ3) is 2.32. The summed E-state index contributed by atoms with van der Waals surface area (Å²) in [7, 11) is 0. The Kier molecular flexibility index (Phi) is 3.09. The van der Waals surface area contributed by atoms with Gasteiger partial charge < -0.3 is 5.32 Å². The van der Waals surface area contributed by atoms with Crippen molar-refractivity contribution in [2.45, 2.75) is 19.8 Å². The van der Waals surface area contributed by atoms with E-state index in [4.69, 9.17) is 0 Å². The molecule has 1 aliphatic rings. The number of benzene rings is 1. The molecular formula is C14H17NO. The van der Waals surface area contributed by atoms with E-state index in [9.17, 15) is 4.79 Å². The molecule has 0 radical (unpaired) electrons. The highest BCUT2D eigenvalue weighted by atomic mass is 16.1. The predicted octanol–water partition coefficient (Wildman–Crippen LogP) is 2.09. The maximum atomic E-state index is 11.9. The molecule has 84 valence electrons. The van der Waals surface area contributed by atoms with Crippen molar-refractivity contribution in [3.8, 4) is 0 Å². The van der Waals surface area contributed by atoms with E-state index in [1.54, 1.807) is 0 Å². The third-order valence-electron chi connectivity index (χ3n) is 2.99. The lowest BCUT2D eigenvalue weighted by Gasteiger charge is -2.09. The topological polar surface area (TPSA) is 29.1 Å². The summed E-state index contributed by atoms with van der Waals surface area (Å²) in [5.74, 6) is 0.260. The van der Waals surface area contributed by atoms with Crippen LogP contribution in [0.5, 0.6) is 0 Å². The molecule has 1 amide bonds. The zero-order valence-electron chi connectivity index (χ0n) is 9.62. The number of fused-ring (bicyclic) bond motifs is 1. The number of rotatable bonds is 3. The number of hydrogen-bond acceptors (Lipinski definition) is 1. The Balaban J connectivity index is 1.96. The minimum atomic E-state index is 0.108. The van der Waals surface area contributed by atoms with Gasteiger partial charge in [-0.25, -0.2) is 0 Å². The number of carbonyl (C=O) groups excluding carboxylic acids is 1. The molecule has 0 bridgehead atoms. The number of amides is 1. The Bertz CT molecular complexity index is 397. The third-order valence-corrected chi connectivity index (χ3v) is 2.99. The van der Waals surface area contributed by atoms with Crippen LogP contribution in [0.1, 0.15) is 18.1 Å². The molecule has 0 unspecified atom stereocenters. The van der Waals surface area contributed by atoms with Crippen LogP contribution < -0.4 is 5.32 Å². The summed E-state index contributed by atoms with van der Waals surface area (Å²) in [5.41, 5.74) is 3.62. The second kappa shape index (κ2) is 4.52. The van der Waals surface area contributed by atoms with Crippen molar-refractivity contribution in [2.75, 3.05) is 6.54 Å². The van der Waals surface area contributed by atoms with Gasteiger partial charge in [0.2, 0.25) is 5.91 Å². The highest BCUT2D eigenvalue weighted by Gasteiger charge is 2.26. The van der Waals surface area contributed by atoms with Crippen molar-refractivity contribution in [1.29, 1.82) is 0 Å². The Hall–Kier alpha value is -1.57. The Morgan fingerprint density at radius 2 is 1.94 bits per heavy atom. The Morgan fingerprint density at radius 1 is 1.38 bits per heavy atom. The van der Waals surface area contributed by atoms with Crippen LogP contribution in [0.15, 0.2) is 36.4 Å². The molecular weight excluding hydrogens is 198 g/mol. The van der Waals surface area contributed by atoms with E-state index in [2.05, 4.69) is 24.0 Å². The van der Waals surface area contributed by atoms with E-state index >= 15 is 0 Å². The quantitative estimate of drug-likeness (QED) is 0.769. The number of nitrogens with one attached hydrogen (secondary N) is 1. The van der Waals surface area contributed by atoms with Gasteiger partial charge in [-0.1, -0.05) is 36.4 Å². The minimum Gasteiger partial charge on any atom is -0.352 e. The molecule has 0 saturated carbocycles. The van der Waals surface area contributed by atoms with E-state index < -0.39 is 0 Å². The van der Waals surface area contributed by atoms with Gasteiger partial charge in [-0.2, -0.15) is 0 Å². The lowest BCUT2D eigenvalue weighted by Crippen LogP contribution is -2.32. The molecule has 2 heteroatoms. The zero-order chi connectivity index (χ0) is 11.5. The molecule has 2 nitrogen and oxygen atoms in total. The van der Waals surface area contributed by atoms with E-state index in [1.165, 1.54) is 11.1 Å². The first-order chi connectivity index (χ1) is 7.66. The van der Waals surface area contributed by atoms with Crippen molar-refractivity contribution in [2.24, 2.45) is 5.92 Å². The molecule has 0 saturated heterocycles. The molecule has 1 aromatic carbocycles. The highest BCUT2D eigenvalue weighted by molar-refractivity contribution is 5.80. The van der Waals surface area contributed by atoms with Gasteiger partial charge in [0, 0.05) is 12.5 Å². The first kappa shape index (κ1) is 10.9. The first-order valence-electron chi connectivity index (χ1n) is 5.65. The maximum Gasteiger partial charge on any atom is 0.224 e. The van der Waals surface area contributed by atoms with Crippen LogP contribution in [-0.4, -0.2) is 12.5 Å². The lowest BCUT2D eigenvalue weighted by molar-refractivity contribution is -0.124. The van der Waals surface area contributed by atoms with Crippen LogP contribution in [0.4, 0.5) is 0 Å². The second-order valence-electron chi connectivity index (χ2n) is 4.55. The fraction of sp³-hybridized carbons (Fsp3) is 0.357. The maximum absolute atomic E-state index is 11.9. The summed E-state index contributed by atoms with van der Waals surface area (Å²) in [4.78, 5) is 11.9. The van der Waals surface area contributed by atoms with Crippen LogP contribution in [0.25, 0.3) is 0 Å². The fourth-order valence-corrected chi connectivity index (χ4v) is 2.13. The van der Waals surface area contributed by atoms with Gasteiger partial charge in [-0.05, 0) is 30.9 Å². The van der Waals surface area contributed by atoms with Crippen molar-refractivity contribution in [3.05, 3.63) is 47.5 Å². The average Bonchev–Trinajstić information content (AvgIpc) is 2.69. The molecule has 0 heterocycles. The summed E-state index contributed by atoms with van der Waals surface area (Å²) >= 11 is 0. The van der Waals surface area contributed by atoms with E-state index in [0.717, 1.165) is 18.4 Å². The second-order valence-corrected chi connectivity index (χ2v) is 4.55. The largest absolute Gasteiger partial charge is 0.352 e. The molecule has 1 aromatic rings. The van der Waals surface area contributed by atoms with E-state index in [-0.39, 0.29) is 11.8 Å². The monoisotopic (exact) mass is 215 g/mol. The van der Waals surface area contributed by atoms with Crippen molar-refractivity contribution in [1.82, 2.24) is 5.32 Å². The average molecular weight is 215 g/mol. The van der Waals surface area contributed by atoms with Crippen LogP contribution >= 0.6 is 0 Å². The highest BCUT2D eigenvalue weighted by Crippen LogP contribution is 2.26. The van der Waals surface area contributed by atoms with Gasteiger partial charge in [0.05, 0.1) is 0 Å². The Labute approximate surface area is 96.4 Å². The van der Waals surface area contributed by atoms with Gasteiger partial charge in [-0.15, -0.1) is 0 Å². The summed E-state index contributed by atoms with van der Waals surface area (Å²) in [5, 5.41) is 2.92. The summed E-state index contributed by atoms with van der Waals surface area (Å²) < 4.78 is 0. The van der Waals surface area contributed by atoms with Crippen LogP contribution in [-0.2, 0) is 17.6 Å². The van der Waals surface area contributed by atoms with Crippen LogP contribution in [0.3, 0.4) is 0 Å². The molecule has 0 aromatic heterocycles. The summed E-state index contributed by atoms with van der Waals surface area (Å²) in [6, 6.07) is 8.29. The standard InChI is InChI=1S/C14H17NO/c1-10(2)9-15-14(16)13-7-11-5-3-4-6-12(11)8-13/h3-6,13H,1,7-9H2,2H3,(H,15,16). The summed E-state index contributed by atoms with van der Waals surface area (Å²) in [6.45, 7) is 6.29. The SMILES string of the molecule is C=C(C)CNC(=O)C1Cc2ccccc2C1. The molecule has 1 N–H and O–H groups in total. The first-order valence-corrected chi connectivity index (χ1v) is 5.65. The molecule has 1 aliphatic carbocycles. The lowest BCUT2D eigenvalue weighted by atomic mass is 10.1. The smallest absolute Gasteiger partial charge is 0.224 e. The Morgan fingerprint density at radius 3 is 2.44 bits per heavy atom. The predicted molar refractivity (Wildman–Crippen MR) is 65.2 cm³/mol. The molecule has 2 rings (SSSR count). The van der Waals surface area contributed by atoms with Gasteiger partial charge in [0.15, 0.2) is 0 Å². The molecule has 16 heavy (non-hydrogen) atoms. The van der Waals surface area contributed by atoms with Crippen LogP contribution in [0.2, 0.25) is 0 Å². The van der Waals surface area contributed by atoms with Crippen molar-refractivity contribution in [3.63, 3.8) is 0 Å². The van der Waals surface area contributed by atoms with Gasteiger partial charge in [0.1, 0.15) is 0 Å². The molecule has 0 aliphatic heterocycles. The normalized spacial score (nSPS) is 14.6. The number of hydrogen-bond donors (Lipinski definition) is 1. The van der Waals surface area contributed by atoms with Crippen molar-refractivity contribution >= 4 is 5.91 Å². The summed E-state index contributed by atoms with van der Waals surface area (Å²) in [6.07, 6.45) is 1.75. The van der Waals surface area contributed by atoms with E-state index in [1.807, 2.05) is 19.1 Å². The molecule has 0 spiro atoms. The van der Waals surface area contributed by atoms with Crippen LogP contribution in [0, 0.1) is 5.92 Å². The zero-order valence-corrected chi connectivity index (χ0v) is 9.62.